The summed E-state index contributed by atoms with van der Waals surface area (Å²) in [5.74, 6) is 3.18. The van der Waals surface area contributed by atoms with E-state index in [1.807, 2.05) is 48.7 Å². The number of nitrogens with one attached hydrogen (secondary N) is 3. The molecule has 4 heterocycles. The summed E-state index contributed by atoms with van der Waals surface area (Å²) in [4.78, 5) is 13.1. The molecule has 1 aromatic carbocycles. The van der Waals surface area contributed by atoms with Crippen molar-refractivity contribution in [3.8, 4) is 22.9 Å². The monoisotopic (exact) mass is 387 g/mol. The summed E-state index contributed by atoms with van der Waals surface area (Å²) in [5.41, 5.74) is 2.69. The number of benzene rings is 1. The summed E-state index contributed by atoms with van der Waals surface area (Å²) >= 11 is 0. The summed E-state index contributed by atoms with van der Waals surface area (Å²) in [6, 6.07) is 13.3. The third-order valence-corrected chi connectivity index (χ3v) is 4.36. The van der Waals surface area contributed by atoms with Crippen LogP contribution in [0, 0.1) is 0 Å². The van der Waals surface area contributed by atoms with Gasteiger partial charge in [0.2, 0.25) is 12.7 Å². The molecule has 0 bridgehead atoms. The Kier molecular flexibility index (Phi) is 4.38. The number of ether oxygens (including phenoxy) is 2. The lowest BCUT2D eigenvalue weighted by molar-refractivity contribution is 0.174. The highest BCUT2D eigenvalue weighted by atomic mass is 16.7. The van der Waals surface area contributed by atoms with Crippen LogP contribution in [0.3, 0.4) is 0 Å². The van der Waals surface area contributed by atoms with E-state index in [4.69, 9.17) is 9.47 Å². The Balaban J connectivity index is 1.34. The first kappa shape index (κ1) is 17.0. The molecule has 29 heavy (non-hydrogen) atoms. The summed E-state index contributed by atoms with van der Waals surface area (Å²) in [6.45, 7) is 0.841. The average molecular weight is 387 g/mol. The van der Waals surface area contributed by atoms with E-state index in [2.05, 4.69) is 35.8 Å². The minimum absolute atomic E-state index is 0.236. The first-order valence-corrected chi connectivity index (χ1v) is 9.02. The molecule has 0 amide bonds. The SMILES string of the molecule is c1cncc(CNc2ncccc2-c2nc(Nc3ccc4c(c3)OCO4)n[nH]2)c1. The van der Waals surface area contributed by atoms with Crippen molar-refractivity contribution in [1.82, 2.24) is 25.1 Å². The third-order valence-electron chi connectivity index (χ3n) is 4.36. The van der Waals surface area contributed by atoms with Gasteiger partial charge in [0.1, 0.15) is 5.82 Å². The summed E-state index contributed by atoms with van der Waals surface area (Å²) in [6.07, 6.45) is 5.30. The molecule has 0 atom stereocenters. The highest BCUT2D eigenvalue weighted by molar-refractivity contribution is 5.71. The lowest BCUT2D eigenvalue weighted by Crippen LogP contribution is -2.03. The normalized spacial score (nSPS) is 12.0. The van der Waals surface area contributed by atoms with Gasteiger partial charge in [-0.3, -0.25) is 10.1 Å². The molecular formula is C20H17N7O2. The molecule has 0 radical (unpaired) electrons. The zero-order valence-electron chi connectivity index (χ0n) is 15.3. The van der Waals surface area contributed by atoms with Crippen molar-refractivity contribution in [2.24, 2.45) is 0 Å². The molecular weight excluding hydrogens is 370 g/mol. The minimum Gasteiger partial charge on any atom is -0.454 e. The van der Waals surface area contributed by atoms with Gasteiger partial charge in [-0.05, 0) is 35.9 Å². The Morgan fingerprint density at radius 3 is 2.90 bits per heavy atom. The van der Waals surface area contributed by atoms with Crippen molar-refractivity contribution >= 4 is 17.5 Å². The smallest absolute Gasteiger partial charge is 0.246 e. The predicted molar refractivity (Wildman–Crippen MR) is 107 cm³/mol. The fourth-order valence-electron chi connectivity index (χ4n) is 2.97. The number of fused-ring (bicyclic) bond motifs is 1. The van der Waals surface area contributed by atoms with Crippen molar-refractivity contribution in [2.45, 2.75) is 6.54 Å². The number of anilines is 3. The Morgan fingerprint density at radius 2 is 1.97 bits per heavy atom. The van der Waals surface area contributed by atoms with Crippen LogP contribution in [0.4, 0.5) is 17.5 Å². The van der Waals surface area contributed by atoms with Crippen LogP contribution in [0.2, 0.25) is 0 Å². The van der Waals surface area contributed by atoms with E-state index in [-0.39, 0.29) is 6.79 Å². The maximum Gasteiger partial charge on any atom is 0.246 e. The van der Waals surface area contributed by atoms with E-state index >= 15 is 0 Å². The van der Waals surface area contributed by atoms with Crippen LogP contribution in [0.25, 0.3) is 11.4 Å². The number of aromatic amines is 1. The van der Waals surface area contributed by atoms with Crippen molar-refractivity contribution in [1.29, 1.82) is 0 Å². The van der Waals surface area contributed by atoms with Crippen LogP contribution in [0.15, 0.2) is 61.1 Å². The van der Waals surface area contributed by atoms with Crippen molar-refractivity contribution < 1.29 is 9.47 Å². The van der Waals surface area contributed by atoms with E-state index in [0.717, 1.165) is 22.6 Å². The molecule has 9 heteroatoms. The van der Waals surface area contributed by atoms with E-state index < -0.39 is 0 Å². The zero-order chi connectivity index (χ0) is 19.5. The maximum atomic E-state index is 5.40. The Bertz CT molecular complexity index is 1130. The number of aromatic nitrogens is 5. The molecule has 0 saturated heterocycles. The fourth-order valence-corrected chi connectivity index (χ4v) is 2.97. The van der Waals surface area contributed by atoms with Gasteiger partial charge in [0.25, 0.3) is 0 Å². The van der Waals surface area contributed by atoms with Gasteiger partial charge in [0, 0.05) is 36.9 Å². The van der Waals surface area contributed by atoms with E-state index in [9.17, 15) is 0 Å². The standard InChI is InChI=1S/C20H17N7O2/c1-3-13(10-21-7-1)11-23-18-15(4-2-8-22-18)19-25-20(27-26-19)24-14-5-6-16-17(9-14)29-12-28-16/h1-10H,11-12H2,(H,22,23)(H2,24,25,26,27). The van der Waals surface area contributed by atoms with Crippen LogP contribution in [-0.4, -0.2) is 31.9 Å². The van der Waals surface area contributed by atoms with E-state index in [1.54, 1.807) is 12.4 Å². The number of rotatable bonds is 6. The molecule has 3 N–H and O–H groups in total. The van der Waals surface area contributed by atoms with Crippen LogP contribution >= 0.6 is 0 Å². The summed E-state index contributed by atoms with van der Waals surface area (Å²) < 4.78 is 10.7. The van der Waals surface area contributed by atoms with E-state index in [1.165, 1.54) is 0 Å². The fraction of sp³-hybridized carbons (Fsp3) is 0.100. The predicted octanol–water partition coefficient (Wildman–Crippen LogP) is 3.35. The molecule has 5 rings (SSSR count). The van der Waals surface area contributed by atoms with Gasteiger partial charge in [0.05, 0.1) is 5.56 Å². The van der Waals surface area contributed by atoms with Gasteiger partial charge in [-0.2, -0.15) is 4.98 Å². The van der Waals surface area contributed by atoms with Gasteiger partial charge < -0.3 is 20.1 Å². The third kappa shape index (κ3) is 3.65. The number of hydrogen-bond donors (Lipinski definition) is 3. The first-order chi connectivity index (χ1) is 14.3. The molecule has 1 aliphatic rings. The summed E-state index contributed by atoms with van der Waals surface area (Å²) in [5, 5.41) is 13.7. The minimum atomic E-state index is 0.236. The Labute approximate surface area is 166 Å². The quantitative estimate of drug-likeness (QED) is 0.462. The van der Waals surface area contributed by atoms with Crippen LogP contribution in [-0.2, 0) is 6.54 Å². The van der Waals surface area contributed by atoms with Crippen LogP contribution in [0.5, 0.6) is 11.5 Å². The number of nitrogens with zero attached hydrogens (tertiary/aromatic N) is 4. The average Bonchev–Trinajstić information content (AvgIpc) is 3.42. The highest BCUT2D eigenvalue weighted by Crippen LogP contribution is 2.35. The second kappa shape index (κ2) is 7.47. The second-order valence-corrected chi connectivity index (χ2v) is 6.32. The zero-order valence-corrected chi connectivity index (χ0v) is 15.3. The van der Waals surface area contributed by atoms with E-state index in [0.29, 0.717) is 29.9 Å². The molecule has 1 aliphatic heterocycles. The molecule has 0 unspecified atom stereocenters. The molecule has 0 fully saturated rings. The van der Waals surface area contributed by atoms with Gasteiger partial charge in [-0.25, -0.2) is 4.98 Å². The topological polar surface area (TPSA) is 110 Å². The molecule has 0 aliphatic carbocycles. The molecule has 0 spiro atoms. The highest BCUT2D eigenvalue weighted by Gasteiger charge is 2.15. The first-order valence-electron chi connectivity index (χ1n) is 9.02. The molecule has 144 valence electrons. The molecule has 0 saturated carbocycles. The van der Waals surface area contributed by atoms with Crippen LogP contribution < -0.4 is 20.1 Å². The van der Waals surface area contributed by atoms with Gasteiger partial charge >= 0.3 is 0 Å². The number of pyridine rings is 2. The van der Waals surface area contributed by atoms with Crippen molar-refractivity contribution in [2.75, 3.05) is 17.4 Å². The second-order valence-electron chi connectivity index (χ2n) is 6.32. The molecule has 4 aromatic rings. The Morgan fingerprint density at radius 1 is 1.03 bits per heavy atom. The van der Waals surface area contributed by atoms with Crippen molar-refractivity contribution in [3.05, 3.63) is 66.6 Å². The summed E-state index contributed by atoms with van der Waals surface area (Å²) in [7, 11) is 0. The lowest BCUT2D eigenvalue weighted by atomic mass is 10.2. The number of H-pyrrole nitrogens is 1. The van der Waals surface area contributed by atoms with Gasteiger partial charge in [-0.1, -0.05) is 6.07 Å². The maximum absolute atomic E-state index is 5.40. The van der Waals surface area contributed by atoms with Gasteiger partial charge in [-0.15, -0.1) is 5.10 Å². The lowest BCUT2D eigenvalue weighted by Gasteiger charge is -2.08. The number of hydrogen-bond acceptors (Lipinski definition) is 8. The van der Waals surface area contributed by atoms with Crippen molar-refractivity contribution in [3.63, 3.8) is 0 Å². The molecule has 9 nitrogen and oxygen atoms in total. The van der Waals surface area contributed by atoms with Crippen LogP contribution in [0.1, 0.15) is 5.56 Å². The Hall–Kier alpha value is -4.14. The molecule has 3 aromatic heterocycles. The van der Waals surface area contributed by atoms with Gasteiger partial charge in [0.15, 0.2) is 17.3 Å². The largest absolute Gasteiger partial charge is 0.454 e.